The van der Waals surface area contributed by atoms with Crippen molar-refractivity contribution in [2.24, 2.45) is 0 Å². The second-order valence-corrected chi connectivity index (χ2v) is 7.70. The average Bonchev–Trinajstić information content (AvgIpc) is 2.68. The van der Waals surface area contributed by atoms with E-state index in [9.17, 15) is 8.42 Å². The van der Waals surface area contributed by atoms with Gasteiger partial charge in [0.15, 0.2) is 0 Å². The van der Waals surface area contributed by atoms with Crippen molar-refractivity contribution in [1.29, 1.82) is 0 Å². The summed E-state index contributed by atoms with van der Waals surface area (Å²) in [6.45, 7) is 0.927. The second kappa shape index (κ2) is 8.65. The van der Waals surface area contributed by atoms with Gasteiger partial charge in [-0.3, -0.25) is 0 Å². The molecule has 0 unspecified atom stereocenters. The Morgan fingerprint density at radius 3 is 1.96 bits per heavy atom. The molecule has 0 aliphatic heterocycles. The third kappa shape index (κ3) is 4.94. The quantitative estimate of drug-likeness (QED) is 0.637. The highest BCUT2D eigenvalue weighted by atomic mass is 32.2. The standard InChI is InChI=1S/C21H22N2O2S/c24-26(25,23-17-19-11-5-2-6-12-19)21-14-8-7-13-20(21)22-16-15-18-9-3-1-4-10-18/h1-14,22-23H,15-17H2. The molecule has 0 atom stereocenters. The van der Waals surface area contributed by atoms with Crippen molar-refractivity contribution in [3.05, 3.63) is 96.1 Å². The number of hydrogen-bond acceptors (Lipinski definition) is 3. The number of nitrogens with one attached hydrogen (secondary N) is 2. The van der Waals surface area contributed by atoms with Crippen LogP contribution in [0.25, 0.3) is 0 Å². The van der Waals surface area contributed by atoms with Gasteiger partial charge in [0.05, 0.1) is 5.69 Å². The molecular formula is C21H22N2O2S. The van der Waals surface area contributed by atoms with E-state index in [-0.39, 0.29) is 11.4 Å². The molecule has 0 bridgehead atoms. The molecule has 4 nitrogen and oxygen atoms in total. The molecule has 0 aliphatic carbocycles. The van der Waals surface area contributed by atoms with E-state index in [0.29, 0.717) is 12.2 Å². The monoisotopic (exact) mass is 366 g/mol. The first-order valence-corrected chi connectivity index (χ1v) is 10.0. The Morgan fingerprint density at radius 1 is 0.692 bits per heavy atom. The van der Waals surface area contributed by atoms with Gasteiger partial charge in [0, 0.05) is 13.1 Å². The minimum Gasteiger partial charge on any atom is -0.384 e. The van der Waals surface area contributed by atoms with Gasteiger partial charge in [0.2, 0.25) is 10.0 Å². The molecule has 3 aromatic rings. The lowest BCUT2D eigenvalue weighted by Gasteiger charge is -2.13. The summed E-state index contributed by atoms with van der Waals surface area (Å²) in [6.07, 6.45) is 0.826. The zero-order valence-electron chi connectivity index (χ0n) is 14.4. The summed E-state index contributed by atoms with van der Waals surface area (Å²) in [7, 11) is -3.60. The van der Waals surface area contributed by atoms with E-state index in [1.54, 1.807) is 18.2 Å². The number of hydrogen-bond donors (Lipinski definition) is 2. The fraction of sp³-hybridized carbons (Fsp3) is 0.143. The molecule has 26 heavy (non-hydrogen) atoms. The summed E-state index contributed by atoms with van der Waals surface area (Å²) in [6, 6.07) is 26.6. The van der Waals surface area contributed by atoms with Crippen molar-refractivity contribution in [3.8, 4) is 0 Å². The van der Waals surface area contributed by atoms with E-state index in [1.807, 2.05) is 54.6 Å². The van der Waals surface area contributed by atoms with E-state index < -0.39 is 10.0 Å². The van der Waals surface area contributed by atoms with Gasteiger partial charge in [-0.05, 0) is 29.7 Å². The summed E-state index contributed by atoms with van der Waals surface area (Å²) >= 11 is 0. The van der Waals surface area contributed by atoms with Crippen LogP contribution in [-0.2, 0) is 23.0 Å². The summed E-state index contributed by atoms with van der Waals surface area (Å²) in [4.78, 5) is 0.268. The molecular weight excluding hydrogens is 344 g/mol. The van der Waals surface area contributed by atoms with Crippen LogP contribution in [0.4, 0.5) is 5.69 Å². The first-order valence-electron chi connectivity index (χ1n) is 8.55. The van der Waals surface area contributed by atoms with Crippen molar-refractivity contribution < 1.29 is 8.42 Å². The van der Waals surface area contributed by atoms with Gasteiger partial charge in [0.1, 0.15) is 4.90 Å². The van der Waals surface area contributed by atoms with Crippen LogP contribution in [-0.4, -0.2) is 15.0 Å². The smallest absolute Gasteiger partial charge is 0.242 e. The van der Waals surface area contributed by atoms with Crippen LogP contribution in [0.15, 0.2) is 89.8 Å². The lowest BCUT2D eigenvalue weighted by atomic mass is 10.1. The molecule has 0 saturated carbocycles. The van der Waals surface area contributed by atoms with Gasteiger partial charge >= 0.3 is 0 Å². The van der Waals surface area contributed by atoms with Crippen molar-refractivity contribution in [3.63, 3.8) is 0 Å². The number of anilines is 1. The molecule has 0 amide bonds. The van der Waals surface area contributed by atoms with E-state index in [0.717, 1.165) is 12.0 Å². The lowest BCUT2D eigenvalue weighted by molar-refractivity contribution is 0.581. The highest BCUT2D eigenvalue weighted by molar-refractivity contribution is 7.89. The molecule has 0 aliphatic rings. The van der Waals surface area contributed by atoms with Gasteiger partial charge in [-0.1, -0.05) is 72.8 Å². The molecule has 3 rings (SSSR count). The van der Waals surface area contributed by atoms with Crippen molar-refractivity contribution >= 4 is 15.7 Å². The number of benzene rings is 3. The largest absolute Gasteiger partial charge is 0.384 e. The molecule has 0 aromatic heterocycles. The predicted molar refractivity (Wildman–Crippen MR) is 106 cm³/mol. The fourth-order valence-corrected chi connectivity index (χ4v) is 3.88. The minimum absolute atomic E-state index is 0.265. The topological polar surface area (TPSA) is 58.2 Å². The molecule has 0 radical (unpaired) electrons. The summed E-state index contributed by atoms with van der Waals surface area (Å²) in [5.74, 6) is 0. The van der Waals surface area contributed by atoms with E-state index in [4.69, 9.17) is 0 Å². The average molecular weight is 366 g/mol. The first-order chi connectivity index (χ1) is 12.6. The zero-order valence-corrected chi connectivity index (χ0v) is 15.2. The maximum Gasteiger partial charge on any atom is 0.242 e. The van der Waals surface area contributed by atoms with Gasteiger partial charge in [-0.25, -0.2) is 13.1 Å². The second-order valence-electron chi connectivity index (χ2n) is 5.97. The van der Waals surface area contributed by atoms with Gasteiger partial charge in [0.25, 0.3) is 0 Å². The molecule has 0 fully saturated rings. The first kappa shape index (κ1) is 18.2. The summed E-state index contributed by atoms with van der Waals surface area (Å²) < 4.78 is 28.1. The Morgan fingerprint density at radius 2 is 1.27 bits per heavy atom. The minimum atomic E-state index is -3.60. The molecule has 2 N–H and O–H groups in total. The van der Waals surface area contributed by atoms with Gasteiger partial charge in [-0.2, -0.15) is 0 Å². The Hall–Kier alpha value is -2.63. The Bertz CT molecular complexity index is 926. The summed E-state index contributed by atoms with van der Waals surface area (Å²) in [5, 5.41) is 3.25. The Kier molecular flexibility index (Phi) is 6.04. The highest BCUT2D eigenvalue weighted by Gasteiger charge is 2.17. The maximum absolute atomic E-state index is 12.7. The third-order valence-corrected chi connectivity index (χ3v) is 5.52. The van der Waals surface area contributed by atoms with Crippen LogP contribution >= 0.6 is 0 Å². The lowest BCUT2D eigenvalue weighted by Crippen LogP contribution is -2.24. The van der Waals surface area contributed by atoms with Gasteiger partial charge in [-0.15, -0.1) is 0 Å². The predicted octanol–water partition coefficient (Wildman–Crippen LogP) is 3.82. The SMILES string of the molecule is O=S(=O)(NCc1ccccc1)c1ccccc1NCCc1ccccc1. The van der Waals surface area contributed by atoms with Crippen molar-refractivity contribution in [2.45, 2.75) is 17.9 Å². The number of sulfonamides is 1. The van der Waals surface area contributed by atoms with E-state index >= 15 is 0 Å². The fourth-order valence-electron chi connectivity index (χ4n) is 2.69. The molecule has 3 aromatic carbocycles. The van der Waals surface area contributed by atoms with Crippen LogP contribution in [0, 0.1) is 0 Å². The molecule has 0 spiro atoms. The van der Waals surface area contributed by atoms with Gasteiger partial charge < -0.3 is 5.32 Å². The summed E-state index contributed by atoms with van der Waals surface area (Å²) in [5.41, 5.74) is 2.75. The van der Waals surface area contributed by atoms with Crippen molar-refractivity contribution in [1.82, 2.24) is 4.72 Å². The zero-order chi connectivity index (χ0) is 18.2. The van der Waals surface area contributed by atoms with Crippen LogP contribution in [0.1, 0.15) is 11.1 Å². The van der Waals surface area contributed by atoms with Crippen LogP contribution < -0.4 is 10.0 Å². The van der Waals surface area contributed by atoms with Crippen LogP contribution in [0.3, 0.4) is 0 Å². The highest BCUT2D eigenvalue weighted by Crippen LogP contribution is 2.21. The molecule has 0 heterocycles. The molecule has 134 valence electrons. The third-order valence-electron chi connectivity index (χ3n) is 4.06. The van der Waals surface area contributed by atoms with Crippen LogP contribution in [0.2, 0.25) is 0 Å². The van der Waals surface area contributed by atoms with Crippen LogP contribution in [0.5, 0.6) is 0 Å². The van der Waals surface area contributed by atoms with E-state index in [2.05, 4.69) is 22.2 Å². The van der Waals surface area contributed by atoms with Crippen molar-refractivity contribution in [2.75, 3.05) is 11.9 Å². The normalized spacial score (nSPS) is 11.2. The Balaban J connectivity index is 1.67. The maximum atomic E-state index is 12.7. The Labute approximate surface area is 155 Å². The number of rotatable bonds is 8. The molecule has 0 saturated heterocycles. The van der Waals surface area contributed by atoms with E-state index in [1.165, 1.54) is 5.56 Å². The molecule has 5 heteroatoms. The number of para-hydroxylation sites is 1.